The smallest absolute Gasteiger partial charge is 0.323 e. The summed E-state index contributed by atoms with van der Waals surface area (Å²) in [6.07, 6.45) is 1.57. The Morgan fingerprint density at radius 3 is 2.82 bits per heavy atom. The van der Waals surface area contributed by atoms with Crippen molar-refractivity contribution in [3.8, 4) is 0 Å². The lowest BCUT2D eigenvalue weighted by atomic mass is 10.3. The van der Waals surface area contributed by atoms with E-state index in [0.29, 0.717) is 36.0 Å². The zero-order chi connectivity index (χ0) is 15.5. The first kappa shape index (κ1) is 14.5. The summed E-state index contributed by atoms with van der Waals surface area (Å²) in [5.41, 5.74) is 0.612. The molecule has 0 aliphatic carbocycles. The van der Waals surface area contributed by atoms with Gasteiger partial charge in [0.1, 0.15) is 5.82 Å². The fourth-order valence-electron chi connectivity index (χ4n) is 2.31. The summed E-state index contributed by atoms with van der Waals surface area (Å²) in [6, 6.07) is 7.09. The molecule has 1 aliphatic heterocycles. The zero-order valence-electron chi connectivity index (χ0n) is 12.2. The van der Waals surface area contributed by atoms with Gasteiger partial charge in [-0.15, -0.1) is 11.3 Å². The minimum Gasteiger partial charge on any atom is -0.323 e. The van der Waals surface area contributed by atoms with Crippen LogP contribution in [-0.4, -0.2) is 41.5 Å². The highest BCUT2D eigenvalue weighted by Gasteiger charge is 2.28. The molecule has 0 unspecified atom stereocenters. The van der Waals surface area contributed by atoms with Crippen LogP contribution in [0.15, 0.2) is 35.8 Å². The van der Waals surface area contributed by atoms with E-state index in [2.05, 4.69) is 10.3 Å². The minimum absolute atomic E-state index is 0.0228. The van der Waals surface area contributed by atoms with Crippen LogP contribution in [0.5, 0.6) is 0 Å². The average molecular weight is 316 g/mol. The van der Waals surface area contributed by atoms with Gasteiger partial charge in [-0.25, -0.2) is 9.78 Å². The molecule has 114 valence electrons. The summed E-state index contributed by atoms with van der Waals surface area (Å²) < 4.78 is 0. The zero-order valence-corrected chi connectivity index (χ0v) is 13.0. The largest absolute Gasteiger partial charge is 0.325 e. The number of amides is 3. The molecule has 7 heteroatoms. The monoisotopic (exact) mass is 316 g/mol. The van der Waals surface area contributed by atoms with Crippen LogP contribution in [0.4, 0.5) is 16.3 Å². The number of nitrogens with one attached hydrogen (secondary N) is 1. The molecule has 0 spiro atoms. The predicted molar refractivity (Wildman–Crippen MR) is 86.5 cm³/mol. The van der Waals surface area contributed by atoms with Gasteiger partial charge in [0, 0.05) is 19.6 Å². The van der Waals surface area contributed by atoms with Crippen LogP contribution < -0.4 is 10.2 Å². The highest BCUT2D eigenvalue weighted by Crippen LogP contribution is 2.20. The Morgan fingerprint density at radius 1 is 1.36 bits per heavy atom. The number of likely N-dealkylation sites (N-methyl/N-ethyl adjacent to an activating group) is 1. The lowest BCUT2D eigenvalue weighted by Gasteiger charge is -2.16. The summed E-state index contributed by atoms with van der Waals surface area (Å²) in [6.45, 7) is 4.01. The second-order valence-corrected chi connectivity index (χ2v) is 5.80. The van der Waals surface area contributed by atoms with Crippen molar-refractivity contribution in [2.24, 2.45) is 0 Å². The van der Waals surface area contributed by atoms with Crippen molar-refractivity contribution in [1.82, 2.24) is 9.88 Å². The van der Waals surface area contributed by atoms with Crippen molar-refractivity contribution in [2.45, 2.75) is 6.92 Å². The molecule has 3 heterocycles. The SMILES string of the molecule is CCN1CCN(c2ccc(NC(=O)c3cccs3)cn2)C1=O. The van der Waals surface area contributed by atoms with Crippen molar-refractivity contribution in [2.75, 3.05) is 29.9 Å². The lowest BCUT2D eigenvalue weighted by molar-refractivity contribution is 0.103. The van der Waals surface area contributed by atoms with E-state index in [9.17, 15) is 9.59 Å². The van der Waals surface area contributed by atoms with Gasteiger partial charge >= 0.3 is 6.03 Å². The Labute approximate surface area is 132 Å². The predicted octanol–water partition coefficient (Wildman–Crippen LogP) is 2.66. The van der Waals surface area contributed by atoms with Gasteiger partial charge in [0.2, 0.25) is 0 Å². The molecule has 1 N–H and O–H groups in total. The highest BCUT2D eigenvalue weighted by molar-refractivity contribution is 7.12. The molecule has 3 amide bonds. The number of aromatic nitrogens is 1. The molecular formula is C15H16N4O2S. The van der Waals surface area contributed by atoms with Gasteiger partial charge in [-0.05, 0) is 30.5 Å². The molecular weight excluding hydrogens is 300 g/mol. The second-order valence-electron chi connectivity index (χ2n) is 4.85. The summed E-state index contributed by atoms with van der Waals surface area (Å²) in [5, 5.41) is 4.64. The summed E-state index contributed by atoms with van der Waals surface area (Å²) in [4.78, 5) is 32.4. The van der Waals surface area contributed by atoms with Crippen LogP contribution in [0.2, 0.25) is 0 Å². The van der Waals surface area contributed by atoms with Crippen molar-refractivity contribution in [3.63, 3.8) is 0 Å². The van der Waals surface area contributed by atoms with E-state index in [1.165, 1.54) is 11.3 Å². The topological polar surface area (TPSA) is 65.5 Å². The molecule has 0 aromatic carbocycles. The number of nitrogens with zero attached hydrogens (tertiary/aromatic N) is 3. The van der Waals surface area contributed by atoms with Crippen molar-refractivity contribution < 1.29 is 9.59 Å². The third-order valence-electron chi connectivity index (χ3n) is 3.50. The van der Waals surface area contributed by atoms with Crippen LogP contribution in [0.1, 0.15) is 16.6 Å². The molecule has 0 saturated carbocycles. The number of hydrogen-bond acceptors (Lipinski definition) is 4. The van der Waals surface area contributed by atoms with Gasteiger partial charge < -0.3 is 10.2 Å². The van der Waals surface area contributed by atoms with Gasteiger partial charge in [-0.1, -0.05) is 6.07 Å². The number of pyridine rings is 1. The molecule has 2 aromatic heterocycles. The quantitative estimate of drug-likeness (QED) is 0.943. The van der Waals surface area contributed by atoms with Gasteiger partial charge in [0.15, 0.2) is 0 Å². The molecule has 1 fully saturated rings. The number of hydrogen-bond donors (Lipinski definition) is 1. The molecule has 1 aliphatic rings. The summed E-state index contributed by atoms with van der Waals surface area (Å²) in [7, 11) is 0. The highest BCUT2D eigenvalue weighted by atomic mass is 32.1. The molecule has 0 bridgehead atoms. The number of thiophene rings is 1. The van der Waals surface area contributed by atoms with Crippen LogP contribution in [0, 0.1) is 0 Å². The Hall–Kier alpha value is -2.41. The summed E-state index contributed by atoms with van der Waals surface area (Å²) in [5.74, 6) is 0.453. The maximum absolute atomic E-state index is 12.1. The van der Waals surface area contributed by atoms with Gasteiger partial charge in [-0.2, -0.15) is 0 Å². The van der Waals surface area contributed by atoms with E-state index in [4.69, 9.17) is 0 Å². The van der Waals surface area contributed by atoms with Crippen molar-refractivity contribution in [1.29, 1.82) is 0 Å². The van der Waals surface area contributed by atoms with E-state index < -0.39 is 0 Å². The number of urea groups is 1. The lowest BCUT2D eigenvalue weighted by Crippen LogP contribution is -2.32. The third-order valence-corrected chi connectivity index (χ3v) is 4.37. The van der Waals surface area contributed by atoms with E-state index >= 15 is 0 Å². The van der Waals surface area contributed by atoms with E-state index in [1.807, 2.05) is 18.4 Å². The molecule has 1 saturated heterocycles. The van der Waals surface area contributed by atoms with Crippen molar-refractivity contribution in [3.05, 3.63) is 40.7 Å². The van der Waals surface area contributed by atoms with E-state index in [-0.39, 0.29) is 11.9 Å². The number of rotatable bonds is 4. The van der Waals surface area contributed by atoms with Gasteiger partial charge in [-0.3, -0.25) is 9.69 Å². The average Bonchev–Trinajstić information content (AvgIpc) is 3.18. The number of carbonyl (C=O) groups excluding carboxylic acids is 2. The second kappa shape index (κ2) is 6.15. The summed E-state index contributed by atoms with van der Waals surface area (Å²) >= 11 is 1.39. The molecule has 3 rings (SSSR count). The maximum atomic E-state index is 12.1. The van der Waals surface area contributed by atoms with Gasteiger partial charge in [0.25, 0.3) is 5.91 Å². The fourth-order valence-corrected chi connectivity index (χ4v) is 2.93. The normalized spacial score (nSPS) is 14.5. The molecule has 22 heavy (non-hydrogen) atoms. The van der Waals surface area contributed by atoms with E-state index in [1.54, 1.807) is 34.2 Å². The van der Waals surface area contributed by atoms with E-state index in [0.717, 1.165) is 0 Å². The van der Waals surface area contributed by atoms with Crippen LogP contribution in [0.3, 0.4) is 0 Å². The molecule has 2 aromatic rings. The third kappa shape index (κ3) is 2.80. The van der Waals surface area contributed by atoms with Crippen LogP contribution in [-0.2, 0) is 0 Å². The number of carbonyl (C=O) groups is 2. The Bertz CT molecular complexity index is 669. The Kier molecular flexibility index (Phi) is 4.06. The first-order valence-corrected chi connectivity index (χ1v) is 7.94. The number of anilines is 2. The Morgan fingerprint density at radius 2 is 2.23 bits per heavy atom. The first-order valence-electron chi connectivity index (χ1n) is 7.06. The first-order chi connectivity index (χ1) is 10.7. The van der Waals surface area contributed by atoms with Crippen LogP contribution in [0.25, 0.3) is 0 Å². The maximum Gasteiger partial charge on any atom is 0.325 e. The van der Waals surface area contributed by atoms with Crippen molar-refractivity contribution >= 4 is 34.8 Å². The minimum atomic E-state index is -0.154. The molecule has 0 radical (unpaired) electrons. The Balaban J connectivity index is 1.68. The fraction of sp³-hybridized carbons (Fsp3) is 0.267. The molecule has 0 atom stereocenters. The molecule has 6 nitrogen and oxygen atoms in total. The standard InChI is InChI=1S/C15H16N4O2S/c1-2-18-7-8-19(15(18)21)13-6-5-11(10-16-13)17-14(20)12-4-3-9-22-12/h3-6,9-10H,2,7-8H2,1H3,(H,17,20). The van der Waals surface area contributed by atoms with Gasteiger partial charge in [0.05, 0.1) is 16.8 Å². The van der Waals surface area contributed by atoms with Crippen LogP contribution >= 0.6 is 11.3 Å².